The van der Waals surface area contributed by atoms with E-state index in [4.69, 9.17) is 10.5 Å². The van der Waals surface area contributed by atoms with Crippen molar-refractivity contribution in [2.45, 2.75) is 32.0 Å². The number of hydrogen-bond donors (Lipinski definition) is 1. The average Bonchev–Trinajstić information content (AvgIpc) is 3.59. The molecule has 0 saturated carbocycles. The van der Waals surface area contributed by atoms with E-state index in [1.54, 1.807) is 22.8 Å². The molecule has 4 aromatic rings. The minimum absolute atomic E-state index is 0.0555. The minimum Gasteiger partial charge on any atom is -0.383 e. The van der Waals surface area contributed by atoms with Crippen LogP contribution in [-0.2, 0) is 16.1 Å². The molecule has 11 heteroatoms. The van der Waals surface area contributed by atoms with E-state index < -0.39 is 11.6 Å². The molecule has 190 valence electrons. The molecule has 1 amide bonds. The number of rotatable bonds is 5. The van der Waals surface area contributed by atoms with Crippen LogP contribution < -0.4 is 5.73 Å². The Morgan fingerprint density at radius 3 is 2.86 bits per heavy atom. The highest BCUT2D eigenvalue weighted by atomic mass is 19.1. The number of fused-ring (bicyclic) bond motifs is 2. The van der Waals surface area contributed by atoms with Gasteiger partial charge in [-0.2, -0.15) is 0 Å². The normalized spacial score (nSPS) is 17.4. The predicted molar refractivity (Wildman–Crippen MR) is 134 cm³/mol. The van der Waals surface area contributed by atoms with E-state index in [0.29, 0.717) is 48.2 Å². The Kier molecular flexibility index (Phi) is 6.35. The first kappa shape index (κ1) is 24.4. The molecule has 1 aromatic carbocycles. The van der Waals surface area contributed by atoms with Crippen molar-refractivity contribution < 1.29 is 18.3 Å². The van der Waals surface area contributed by atoms with Crippen LogP contribution >= 0.6 is 0 Å². The number of carbonyl (C=O) groups is 1. The van der Waals surface area contributed by atoms with Gasteiger partial charge in [0.1, 0.15) is 29.1 Å². The van der Waals surface area contributed by atoms with E-state index >= 15 is 4.39 Å². The number of methoxy groups -OCH3 is 1. The summed E-state index contributed by atoms with van der Waals surface area (Å²) in [6.45, 7) is 6.76. The van der Waals surface area contributed by atoms with Crippen LogP contribution in [0.3, 0.4) is 0 Å². The van der Waals surface area contributed by atoms with Crippen molar-refractivity contribution >= 4 is 33.8 Å². The maximum atomic E-state index is 15.2. The van der Waals surface area contributed by atoms with Gasteiger partial charge < -0.3 is 24.5 Å². The number of aryl methyl sites for hydroxylation is 1. The summed E-state index contributed by atoms with van der Waals surface area (Å²) in [5.74, 6) is 3.90. The summed E-state index contributed by atoms with van der Waals surface area (Å²) in [5, 5.41) is 0.476. The van der Waals surface area contributed by atoms with Gasteiger partial charge in [-0.25, -0.2) is 23.7 Å². The Labute approximate surface area is 211 Å². The third-order valence-corrected chi connectivity index (χ3v) is 6.71. The first-order valence-electron chi connectivity index (χ1n) is 11.8. The van der Waals surface area contributed by atoms with Gasteiger partial charge in [0.15, 0.2) is 5.82 Å². The zero-order valence-electron chi connectivity index (χ0n) is 20.4. The van der Waals surface area contributed by atoms with Crippen molar-refractivity contribution in [2.24, 2.45) is 0 Å². The first-order chi connectivity index (χ1) is 17.9. The lowest BCUT2D eigenvalue weighted by Gasteiger charge is -2.22. The molecule has 1 aliphatic heterocycles. The highest BCUT2D eigenvalue weighted by Gasteiger charge is 2.36. The quantitative estimate of drug-likeness (QED) is 0.330. The van der Waals surface area contributed by atoms with Gasteiger partial charge in [0.25, 0.3) is 0 Å². The Morgan fingerprint density at radius 1 is 1.32 bits per heavy atom. The highest BCUT2D eigenvalue weighted by molar-refractivity contribution is 5.93. The summed E-state index contributed by atoms with van der Waals surface area (Å²) in [6, 6.07) is 0.933. The standard InChI is InChI=1S/C26H25F2N7O2/c1-4-21(36)34-11-16(8-17(34)12-37-3)35-10-15(22-25(29)30-13-31-26(22)35)6-7-18-19(27)9-20-24(23(18)28)32-14-33(20)5-2/h4,9-10,13-14,16-17H,1,5,8,11-12H2,2-3H3,(H2,29,30,31)/t16-,17+/m0/s1. The van der Waals surface area contributed by atoms with Gasteiger partial charge in [-0.3, -0.25) is 4.79 Å². The minimum atomic E-state index is -0.820. The van der Waals surface area contributed by atoms with Gasteiger partial charge in [0.2, 0.25) is 5.91 Å². The van der Waals surface area contributed by atoms with Gasteiger partial charge in [0.05, 0.1) is 47.0 Å². The van der Waals surface area contributed by atoms with Gasteiger partial charge in [-0.15, -0.1) is 0 Å². The molecule has 0 unspecified atom stereocenters. The molecule has 5 rings (SSSR count). The van der Waals surface area contributed by atoms with E-state index in [1.165, 1.54) is 24.8 Å². The number of hydrogen-bond acceptors (Lipinski definition) is 6. The van der Waals surface area contributed by atoms with E-state index in [2.05, 4.69) is 33.4 Å². The Balaban J connectivity index is 1.59. The van der Waals surface area contributed by atoms with Crippen LogP contribution in [0.25, 0.3) is 22.1 Å². The molecule has 1 aliphatic rings. The largest absolute Gasteiger partial charge is 0.383 e. The SMILES string of the molecule is C=CC(=O)N1C[C@@H](n2cc(C#Cc3c(F)cc4c(ncn4CC)c3F)c3c(N)ncnc32)C[C@@H]1COC. The summed E-state index contributed by atoms with van der Waals surface area (Å²) < 4.78 is 38.9. The summed E-state index contributed by atoms with van der Waals surface area (Å²) >= 11 is 0. The van der Waals surface area contributed by atoms with Crippen molar-refractivity contribution in [2.75, 3.05) is 26.0 Å². The number of benzene rings is 1. The van der Waals surface area contributed by atoms with Crippen LogP contribution in [0.15, 0.2) is 37.6 Å². The number of ether oxygens (including phenoxy) is 1. The second-order valence-corrected chi connectivity index (χ2v) is 8.80. The Morgan fingerprint density at radius 2 is 2.14 bits per heavy atom. The molecule has 0 bridgehead atoms. The topological polar surface area (TPSA) is 104 Å². The van der Waals surface area contributed by atoms with E-state index in [9.17, 15) is 9.18 Å². The van der Waals surface area contributed by atoms with Crippen molar-refractivity contribution in [1.82, 2.24) is 29.0 Å². The number of nitrogens with two attached hydrogens (primary N) is 1. The molecule has 1 saturated heterocycles. The molecule has 3 aromatic heterocycles. The van der Waals surface area contributed by atoms with Crippen molar-refractivity contribution in [3.05, 3.63) is 60.3 Å². The number of aromatic nitrogens is 5. The number of amides is 1. The third kappa shape index (κ3) is 4.09. The van der Waals surface area contributed by atoms with E-state index in [-0.39, 0.29) is 34.9 Å². The molecule has 1 fully saturated rings. The lowest BCUT2D eigenvalue weighted by Crippen LogP contribution is -2.37. The fourth-order valence-electron chi connectivity index (χ4n) is 4.94. The number of likely N-dealkylation sites (tertiary alicyclic amines) is 1. The maximum Gasteiger partial charge on any atom is 0.246 e. The van der Waals surface area contributed by atoms with Crippen LogP contribution in [0.4, 0.5) is 14.6 Å². The third-order valence-electron chi connectivity index (χ3n) is 6.71. The van der Waals surface area contributed by atoms with E-state index in [0.717, 1.165) is 0 Å². The molecule has 9 nitrogen and oxygen atoms in total. The first-order valence-corrected chi connectivity index (χ1v) is 11.8. The smallest absolute Gasteiger partial charge is 0.246 e. The number of carbonyl (C=O) groups excluding carboxylic acids is 1. The molecular formula is C26H25F2N7O2. The lowest BCUT2D eigenvalue weighted by atomic mass is 10.1. The molecule has 2 atom stereocenters. The van der Waals surface area contributed by atoms with Crippen LogP contribution in [0, 0.1) is 23.5 Å². The fourth-order valence-corrected chi connectivity index (χ4v) is 4.94. The van der Waals surface area contributed by atoms with Gasteiger partial charge in [-0.1, -0.05) is 18.4 Å². The Hall–Kier alpha value is -4.30. The highest BCUT2D eigenvalue weighted by Crippen LogP contribution is 2.33. The Bertz CT molecular complexity index is 1600. The van der Waals surface area contributed by atoms with Crippen LogP contribution in [0.2, 0.25) is 0 Å². The molecule has 0 aliphatic carbocycles. The zero-order chi connectivity index (χ0) is 26.3. The maximum absolute atomic E-state index is 15.2. The molecular weight excluding hydrogens is 480 g/mol. The second kappa shape index (κ2) is 9.63. The molecule has 0 spiro atoms. The second-order valence-electron chi connectivity index (χ2n) is 8.80. The molecule has 4 heterocycles. The number of nitrogens with zero attached hydrogens (tertiary/aromatic N) is 6. The van der Waals surface area contributed by atoms with Crippen molar-refractivity contribution in [3.8, 4) is 11.8 Å². The van der Waals surface area contributed by atoms with Crippen LogP contribution in [-0.4, -0.2) is 61.2 Å². The number of anilines is 1. The zero-order valence-corrected chi connectivity index (χ0v) is 20.4. The van der Waals surface area contributed by atoms with E-state index in [1.807, 2.05) is 11.5 Å². The molecule has 2 N–H and O–H groups in total. The predicted octanol–water partition coefficient (Wildman–Crippen LogP) is 3.04. The lowest BCUT2D eigenvalue weighted by molar-refractivity contribution is -0.127. The van der Waals surface area contributed by atoms with Gasteiger partial charge >= 0.3 is 0 Å². The summed E-state index contributed by atoms with van der Waals surface area (Å²) in [4.78, 5) is 26.7. The number of nitrogen functional groups attached to an aromatic ring is 1. The van der Waals surface area contributed by atoms with Crippen LogP contribution in [0.5, 0.6) is 0 Å². The summed E-state index contributed by atoms with van der Waals surface area (Å²) in [7, 11) is 1.58. The van der Waals surface area contributed by atoms with Gasteiger partial charge in [0, 0.05) is 32.5 Å². The molecule has 37 heavy (non-hydrogen) atoms. The van der Waals surface area contributed by atoms with Gasteiger partial charge in [-0.05, 0) is 19.4 Å². The van der Waals surface area contributed by atoms with Crippen molar-refractivity contribution in [1.29, 1.82) is 0 Å². The summed E-state index contributed by atoms with van der Waals surface area (Å²) in [5.41, 5.74) is 7.15. The summed E-state index contributed by atoms with van der Waals surface area (Å²) in [6.07, 6.45) is 6.43. The number of imidazole rings is 1. The van der Waals surface area contributed by atoms with Crippen molar-refractivity contribution in [3.63, 3.8) is 0 Å². The van der Waals surface area contributed by atoms with Crippen LogP contribution in [0.1, 0.15) is 30.5 Å². The molecule has 0 radical (unpaired) electrons. The monoisotopic (exact) mass is 505 g/mol. The number of halogens is 2. The fraction of sp³-hybridized carbons (Fsp3) is 0.308. The average molecular weight is 506 g/mol.